The average Bonchev–Trinajstić information content (AvgIpc) is 3.10. The second-order valence-electron chi connectivity index (χ2n) is 7.90. The average molecular weight is 492 g/mol. The summed E-state index contributed by atoms with van der Waals surface area (Å²) in [6.07, 6.45) is 7.64. The molecule has 6 nitrogen and oxygen atoms in total. The minimum absolute atomic E-state index is 0. The third-order valence-electron chi connectivity index (χ3n) is 5.11. The minimum Gasteiger partial charge on any atom is -0.358 e. The van der Waals surface area contributed by atoms with Crippen LogP contribution in [0.5, 0.6) is 0 Å². The lowest BCUT2D eigenvalue weighted by Gasteiger charge is -2.22. The van der Waals surface area contributed by atoms with E-state index in [4.69, 9.17) is 9.05 Å². The van der Waals surface area contributed by atoms with E-state index < -0.39 is 7.60 Å². The summed E-state index contributed by atoms with van der Waals surface area (Å²) in [7, 11) is 1.15. The molecule has 2 aromatic rings. The van der Waals surface area contributed by atoms with E-state index in [0.717, 1.165) is 26.1 Å². The number of pyridine rings is 1. The van der Waals surface area contributed by atoms with Crippen molar-refractivity contribution in [2.75, 3.05) is 51.5 Å². The van der Waals surface area contributed by atoms with E-state index in [-0.39, 0.29) is 7.43 Å². The van der Waals surface area contributed by atoms with Crippen molar-refractivity contribution in [3.05, 3.63) is 66.8 Å². The second-order valence-corrected chi connectivity index (χ2v) is 11.1. The second kappa shape index (κ2) is 13.3. The van der Waals surface area contributed by atoms with E-state index in [0.29, 0.717) is 19.4 Å². The smallest absolute Gasteiger partial charge is 0.330 e. The van der Waals surface area contributed by atoms with Crippen molar-refractivity contribution in [1.29, 1.82) is 0 Å². The summed E-state index contributed by atoms with van der Waals surface area (Å²) < 4.78 is 26.0. The highest BCUT2D eigenvalue weighted by atomic mass is 32.2. The van der Waals surface area contributed by atoms with Gasteiger partial charge in [0.2, 0.25) is 0 Å². The Morgan fingerprint density at radius 1 is 1.09 bits per heavy atom. The Kier molecular flexibility index (Phi) is 11.1. The zero-order valence-corrected chi connectivity index (χ0v) is 22.3. The molecular formula is C25H38N3O3PS. The van der Waals surface area contributed by atoms with Gasteiger partial charge >= 0.3 is 7.60 Å². The molecule has 0 fully saturated rings. The molecule has 1 aromatic heterocycles. The maximum atomic E-state index is 12.8. The molecule has 1 aromatic carbocycles. The van der Waals surface area contributed by atoms with Crippen LogP contribution in [0.2, 0.25) is 0 Å². The summed E-state index contributed by atoms with van der Waals surface area (Å²) in [6, 6.07) is 12.7. The van der Waals surface area contributed by atoms with Crippen molar-refractivity contribution in [3.63, 3.8) is 0 Å². The van der Waals surface area contributed by atoms with Gasteiger partial charge < -0.3 is 26.3 Å². The number of nitrogens with zero attached hydrogens (tertiary/aromatic N) is 3. The Morgan fingerprint density at radius 3 is 2.39 bits per heavy atom. The standard InChI is InChI=1S/C24H35N3O3PS.CH3/c1-5-29-31(28,30-6-2)19-9-14-27-22-10-7-8-11-23(22)32-24(27)20-21-12-15-26(16-13-21)18-17-25(3)4;/h7-8,10-13,15-16,20H,5-6,9,14,17-19H2,1-4H3;1H3/q+1;-1. The lowest BCUT2D eigenvalue weighted by molar-refractivity contribution is -0.696. The zero-order chi connectivity index (χ0) is 23.0. The Labute approximate surface area is 204 Å². The summed E-state index contributed by atoms with van der Waals surface area (Å²) in [6.45, 7) is 7.23. The number of hydrogen-bond donors (Lipinski definition) is 0. The number of rotatable bonds is 12. The maximum Gasteiger partial charge on any atom is 0.330 e. The largest absolute Gasteiger partial charge is 0.358 e. The van der Waals surface area contributed by atoms with Crippen LogP contribution in [0.3, 0.4) is 0 Å². The predicted molar refractivity (Wildman–Crippen MR) is 140 cm³/mol. The highest BCUT2D eigenvalue weighted by Gasteiger charge is 2.27. The van der Waals surface area contributed by atoms with Crippen molar-refractivity contribution in [2.45, 2.75) is 31.7 Å². The third-order valence-corrected chi connectivity index (χ3v) is 8.39. The maximum absolute atomic E-state index is 12.8. The lowest BCUT2D eigenvalue weighted by atomic mass is 10.2. The molecule has 2 heterocycles. The number of benzene rings is 1. The van der Waals surface area contributed by atoms with Gasteiger partial charge in [0.15, 0.2) is 18.9 Å². The monoisotopic (exact) mass is 491 g/mol. The molecule has 0 spiro atoms. The van der Waals surface area contributed by atoms with Gasteiger partial charge in [-0.1, -0.05) is 23.9 Å². The van der Waals surface area contributed by atoms with E-state index >= 15 is 0 Å². The van der Waals surface area contributed by atoms with Crippen molar-refractivity contribution in [1.82, 2.24) is 4.90 Å². The third kappa shape index (κ3) is 7.97. The van der Waals surface area contributed by atoms with Gasteiger partial charge in [-0.25, -0.2) is 4.57 Å². The summed E-state index contributed by atoms with van der Waals surface area (Å²) >= 11 is 1.78. The first-order chi connectivity index (χ1) is 15.4. The number of thioether (sulfide) groups is 1. The van der Waals surface area contributed by atoms with Gasteiger partial charge in [0.1, 0.15) is 0 Å². The van der Waals surface area contributed by atoms with Crippen molar-refractivity contribution in [2.24, 2.45) is 0 Å². The van der Waals surface area contributed by atoms with Crippen LogP contribution >= 0.6 is 19.4 Å². The molecule has 1 aliphatic heterocycles. The van der Waals surface area contributed by atoms with Gasteiger partial charge in [-0.2, -0.15) is 0 Å². The fraction of sp³-hybridized carbons (Fsp3) is 0.440. The van der Waals surface area contributed by atoms with Gasteiger partial charge in [0.25, 0.3) is 0 Å². The lowest BCUT2D eigenvalue weighted by Crippen LogP contribution is -2.37. The number of anilines is 1. The molecule has 0 amide bonds. The zero-order valence-electron chi connectivity index (χ0n) is 20.6. The molecule has 8 heteroatoms. The molecular weight excluding hydrogens is 453 g/mol. The fourth-order valence-corrected chi connectivity index (χ4v) is 6.34. The van der Waals surface area contributed by atoms with Crippen LogP contribution in [0.15, 0.2) is 58.7 Å². The van der Waals surface area contributed by atoms with Crippen LogP contribution in [0.25, 0.3) is 6.08 Å². The van der Waals surface area contributed by atoms with Crippen LogP contribution < -0.4 is 9.47 Å². The Bertz CT molecular complexity index is 940. The van der Waals surface area contributed by atoms with Gasteiger partial charge in [0.05, 0.1) is 36.6 Å². The van der Waals surface area contributed by atoms with Crippen LogP contribution in [0.1, 0.15) is 25.8 Å². The first-order valence-corrected chi connectivity index (χ1v) is 13.8. The van der Waals surface area contributed by atoms with Gasteiger partial charge in [-0.05, 0) is 58.1 Å². The summed E-state index contributed by atoms with van der Waals surface area (Å²) in [5, 5.41) is 1.18. The summed E-state index contributed by atoms with van der Waals surface area (Å²) in [5.74, 6) is 0. The van der Waals surface area contributed by atoms with Crippen LogP contribution in [0, 0.1) is 7.43 Å². The number of likely N-dealkylation sites (N-methyl/N-ethyl adjacent to an activating group) is 1. The molecule has 0 saturated heterocycles. The normalized spacial score (nSPS) is 14.6. The van der Waals surface area contributed by atoms with Crippen LogP contribution in [-0.4, -0.2) is 51.5 Å². The molecule has 0 bridgehead atoms. The molecule has 0 aliphatic carbocycles. The Morgan fingerprint density at radius 2 is 1.76 bits per heavy atom. The van der Waals surface area contributed by atoms with Crippen molar-refractivity contribution >= 4 is 31.1 Å². The molecule has 0 saturated carbocycles. The van der Waals surface area contributed by atoms with E-state index in [1.807, 2.05) is 13.8 Å². The van der Waals surface area contributed by atoms with E-state index in [2.05, 4.69) is 83.3 Å². The van der Waals surface area contributed by atoms with E-state index in [1.54, 1.807) is 11.8 Å². The quantitative estimate of drug-likeness (QED) is 0.220. The van der Waals surface area contributed by atoms with Gasteiger partial charge in [-0.3, -0.25) is 4.57 Å². The minimum atomic E-state index is -3.03. The number of aromatic nitrogens is 1. The SMILES string of the molecule is CCOP(=O)(CCCN1C(=Cc2cc[n+](CCN(C)C)cc2)Sc2ccccc21)OCC.[CH3-]. The Hall–Kier alpha value is -1.63. The first kappa shape index (κ1) is 27.6. The highest BCUT2D eigenvalue weighted by molar-refractivity contribution is 8.03. The molecule has 0 unspecified atom stereocenters. The van der Waals surface area contributed by atoms with Crippen molar-refractivity contribution in [3.8, 4) is 0 Å². The topological polar surface area (TPSA) is 45.9 Å². The predicted octanol–water partition coefficient (Wildman–Crippen LogP) is 5.55. The molecule has 182 valence electrons. The highest BCUT2D eigenvalue weighted by Crippen LogP contribution is 2.50. The van der Waals surface area contributed by atoms with Crippen LogP contribution in [-0.2, 0) is 20.2 Å². The first-order valence-electron chi connectivity index (χ1n) is 11.2. The molecule has 0 N–H and O–H groups in total. The van der Waals surface area contributed by atoms with Crippen LogP contribution in [0.4, 0.5) is 5.69 Å². The molecule has 33 heavy (non-hydrogen) atoms. The van der Waals surface area contributed by atoms with Crippen molar-refractivity contribution < 1.29 is 18.2 Å². The molecule has 3 rings (SSSR count). The molecule has 0 radical (unpaired) electrons. The van der Waals surface area contributed by atoms with Gasteiger partial charge in [-0.15, -0.1) is 0 Å². The number of para-hydroxylation sites is 1. The Balaban J connectivity index is 0.00000385. The molecule has 1 aliphatic rings. The summed E-state index contributed by atoms with van der Waals surface area (Å²) in [5.41, 5.74) is 2.36. The fourth-order valence-electron chi connectivity index (χ4n) is 3.55. The van der Waals surface area contributed by atoms with E-state index in [9.17, 15) is 4.57 Å². The summed E-state index contributed by atoms with van der Waals surface area (Å²) in [4.78, 5) is 5.74. The van der Waals surface area contributed by atoms with Gasteiger partial charge in [0, 0.05) is 23.6 Å². The number of hydrogen-bond acceptors (Lipinski definition) is 6. The molecule has 0 atom stereocenters. The van der Waals surface area contributed by atoms with E-state index in [1.165, 1.54) is 21.2 Å². The number of fused-ring (bicyclic) bond motifs is 1.